The van der Waals surface area contributed by atoms with E-state index in [0.717, 1.165) is 11.3 Å². The molecule has 0 aliphatic rings. The van der Waals surface area contributed by atoms with Crippen LogP contribution in [0.25, 0.3) is 0 Å². The second kappa shape index (κ2) is 2.47. The molecule has 1 unspecified atom stereocenters. The summed E-state index contributed by atoms with van der Waals surface area (Å²) in [7, 11) is 1.42. The highest BCUT2D eigenvalue weighted by Gasteiger charge is 2.28. The van der Waals surface area contributed by atoms with Gasteiger partial charge in [0.05, 0.1) is 0 Å². The average molecular weight is 182 g/mol. The van der Waals surface area contributed by atoms with Gasteiger partial charge >= 0.3 is 5.66 Å². The number of halogens is 2. The lowest BCUT2D eigenvalue weighted by molar-refractivity contribution is 0.103. The minimum absolute atomic E-state index is 0.255. The van der Waals surface area contributed by atoms with Gasteiger partial charge in [0, 0.05) is 0 Å². The summed E-state index contributed by atoms with van der Waals surface area (Å²) >= 11 is 0.902. The van der Waals surface area contributed by atoms with Crippen molar-refractivity contribution < 1.29 is 8.78 Å². The molecule has 0 radical (unpaired) electrons. The Labute approximate surface area is 62.9 Å². The first-order valence-electron chi connectivity index (χ1n) is 2.47. The van der Waals surface area contributed by atoms with E-state index in [9.17, 15) is 8.78 Å². The molecule has 6 heteroatoms. The second-order valence-electron chi connectivity index (χ2n) is 1.75. The zero-order valence-electron chi connectivity index (χ0n) is 5.14. The van der Waals surface area contributed by atoms with E-state index < -0.39 is 5.66 Å². The molecule has 10 heavy (non-hydrogen) atoms. The summed E-state index contributed by atoms with van der Waals surface area (Å²) in [5, 5.41) is 7.04. The standard InChI is InChI=1S/C4H5F2N2PS/c1-2-7-8-3(10-2)4(5,6)9/h9H2,1H3. The van der Waals surface area contributed by atoms with E-state index in [0.29, 0.717) is 5.01 Å². The van der Waals surface area contributed by atoms with Gasteiger partial charge in [0.15, 0.2) is 5.01 Å². The third-order valence-corrected chi connectivity index (χ3v) is 2.22. The number of nitrogens with zero attached hydrogens (tertiary/aromatic N) is 2. The molecule has 1 rings (SSSR count). The monoisotopic (exact) mass is 182 g/mol. The fraction of sp³-hybridized carbons (Fsp3) is 0.500. The third kappa shape index (κ3) is 1.67. The highest BCUT2D eigenvalue weighted by atomic mass is 32.1. The van der Waals surface area contributed by atoms with Gasteiger partial charge in [0.2, 0.25) is 0 Å². The van der Waals surface area contributed by atoms with Gasteiger partial charge < -0.3 is 0 Å². The van der Waals surface area contributed by atoms with Crippen LogP contribution in [0.2, 0.25) is 0 Å². The van der Waals surface area contributed by atoms with E-state index in [1.54, 1.807) is 6.92 Å². The maximum atomic E-state index is 12.3. The molecule has 0 fully saturated rings. The highest BCUT2D eigenvalue weighted by Crippen LogP contribution is 2.35. The van der Waals surface area contributed by atoms with Crippen LogP contribution in [0.4, 0.5) is 8.78 Å². The van der Waals surface area contributed by atoms with Gasteiger partial charge in [0.1, 0.15) is 5.01 Å². The lowest BCUT2D eigenvalue weighted by Crippen LogP contribution is -2.00. The Morgan fingerprint density at radius 3 is 2.30 bits per heavy atom. The van der Waals surface area contributed by atoms with Gasteiger partial charge in [-0.15, -0.1) is 10.2 Å². The molecule has 0 saturated heterocycles. The highest BCUT2D eigenvalue weighted by molar-refractivity contribution is 7.20. The summed E-state index contributed by atoms with van der Waals surface area (Å²) in [6.07, 6.45) is 0. The summed E-state index contributed by atoms with van der Waals surface area (Å²) < 4.78 is 24.7. The van der Waals surface area contributed by atoms with Gasteiger partial charge in [0.25, 0.3) is 0 Å². The van der Waals surface area contributed by atoms with E-state index in [2.05, 4.69) is 10.2 Å². The van der Waals surface area contributed by atoms with Crippen molar-refractivity contribution in [2.24, 2.45) is 0 Å². The molecule has 0 amide bonds. The molecule has 2 nitrogen and oxygen atoms in total. The third-order valence-electron chi connectivity index (χ3n) is 0.811. The van der Waals surface area contributed by atoms with Crippen LogP contribution in [0.5, 0.6) is 0 Å². The van der Waals surface area contributed by atoms with Crippen molar-refractivity contribution in [3.05, 3.63) is 10.0 Å². The zero-order chi connectivity index (χ0) is 7.78. The zero-order valence-corrected chi connectivity index (χ0v) is 7.11. The van der Waals surface area contributed by atoms with Crippen LogP contribution < -0.4 is 0 Å². The van der Waals surface area contributed by atoms with Crippen LogP contribution in [-0.2, 0) is 5.66 Å². The fourth-order valence-electron chi connectivity index (χ4n) is 0.431. The van der Waals surface area contributed by atoms with Crippen LogP contribution in [0.15, 0.2) is 0 Å². The van der Waals surface area contributed by atoms with E-state index >= 15 is 0 Å². The Kier molecular flexibility index (Phi) is 1.97. The number of aromatic nitrogens is 2. The molecule has 1 atom stereocenters. The molecule has 1 aromatic heterocycles. The van der Waals surface area contributed by atoms with Crippen molar-refractivity contribution in [2.75, 3.05) is 0 Å². The quantitative estimate of drug-likeness (QED) is 0.618. The molecule has 0 aliphatic carbocycles. The molecule has 0 N–H and O–H groups in total. The van der Waals surface area contributed by atoms with Crippen LogP contribution in [-0.4, -0.2) is 10.2 Å². The lowest BCUT2D eigenvalue weighted by atomic mass is 10.7. The summed E-state index contributed by atoms with van der Waals surface area (Å²) in [5.41, 5.74) is -2.92. The largest absolute Gasteiger partial charge is 0.311 e. The number of alkyl halides is 2. The van der Waals surface area contributed by atoms with E-state index in [1.807, 2.05) is 0 Å². The fourth-order valence-corrected chi connectivity index (χ4v) is 1.24. The number of hydrogen-bond acceptors (Lipinski definition) is 3. The molecular weight excluding hydrogens is 177 g/mol. The van der Waals surface area contributed by atoms with E-state index in [4.69, 9.17) is 0 Å². The molecule has 1 aromatic rings. The van der Waals surface area contributed by atoms with Gasteiger partial charge in [-0.05, 0) is 6.92 Å². The number of hydrogen-bond donors (Lipinski definition) is 0. The molecule has 0 saturated carbocycles. The summed E-state index contributed by atoms with van der Waals surface area (Å²) in [4.78, 5) is 0. The molecule has 0 bridgehead atoms. The van der Waals surface area contributed by atoms with Gasteiger partial charge in [-0.25, -0.2) is 0 Å². The lowest BCUT2D eigenvalue weighted by Gasteiger charge is -2.01. The summed E-state index contributed by atoms with van der Waals surface area (Å²) in [5.74, 6) is 0. The Morgan fingerprint density at radius 1 is 1.50 bits per heavy atom. The Balaban J connectivity index is 2.96. The van der Waals surface area contributed by atoms with Gasteiger partial charge in [-0.3, -0.25) is 0 Å². The van der Waals surface area contributed by atoms with Crippen molar-refractivity contribution in [1.29, 1.82) is 0 Å². The van der Waals surface area contributed by atoms with E-state index in [-0.39, 0.29) is 5.01 Å². The second-order valence-corrected chi connectivity index (χ2v) is 3.66. The minimum Gasteiger partial charge on any atom is -0.194 e. The van der Waals surface area contributed by atoms with Crippen molar-refractivity contribution >= 4 is 20.6 Å². The van der Waals surface area contributed by atoms with Gasteiger partial charge in [-0.2, -0.15) is 8.78 Å². The van der Waals surface area contributed by atoms with Crippen LogP contribution in [0.3, 0.4) is 0 Å². The minimum atomic E-state index is -2.92. The van der Waals surface area contributed by atoms with E-state index in [1.165, 1.54) is 9.24 Å². The first-order chi connectivity index (χ1) is 4.50. The Bertz CT molecular complexity index is 231. The molecule has 0 aromatic carbocycles. The maximum absolute atomic E-state index is 12.3. The van der Waals surface area contributed by atoms with Crippen LogP contribution in [0, 0.1) is 6.92 Å². The van der Waals surface area contributed by atoms with Crippen LogP contribution >= 0.6 is 20.6 Å². The molecular formula is C4H5F2N2PS. The molecule has 0 spiro atoms. The van der Waals surface area contributed by atoms with Crippen LogP contribution in [0.1, 0.15) is 10.0 Å². The predicted octanol–water partition coefficient (Wildman–Crippen LogP) is 1.77. The summed E-state index contributed by atoms with van der Waals surface area (Å²) in [6, 6.07) is 0. The first kappa shape index (κ1) is 7.95. The Hall–Kier alpha value is -0.150. The molecule has 1 heterocycles. The summed E-state index contributed by atoms with van der Waals surface area (Å²) in [6.45, 7) is 1.64. The van der Waals surface area contributed by atoms with Gasteiger partial charge in [-0.1, -0.05) is 20.6 Å². The van der Waals surface area contributed by atoms with Crippen molar-refractivity contribution in [3.8, 4) is 0 Å². The van der Waals surface area contributed by atoms with Crippen molar-refractivity contribution in [3.63, 3.8) is 0 Å². The normalized spacial score (nSPS) is 12.0. The number of aryl methyl sites for hydroxylation is 1. The average Bonchev–Trinajstić information content (AvgIpc) is 2.11. The van der Waals surface area contributed by atoms with Crippen molar-refractivity contribution in [1.82, 2.24) is 10.2 Å². The maximum Gasteiger partial charge on any atom is 0.311 e. The number of rotatable bonds is 1. The molecule has 56 valence electrons. The smallest absolute Gasteiger partial charge is 0.194 e. The topological polar surface area (TPSA) is 25.8 Å². The molecule has 0 aliphatic heterocycles. The first-order valence-corrected chi connectivity index (χ1v) is 3.87. The predicted molar refractivity (Wildman–Crippen MR) is 38.3 cm³/mol. The SMILES string of the molecule is Cc1nnc(C(F)(F)P)s1. The Morgan fingerprint density at radius 2 is 2.10 bits per heavy atom. The van der Waals surface area contributed by atoms with Crippen molar-refractivity contribution in [2.45, 2.75) is 12.6 Å².